The van der Waals surface area contributed by atoms with E-state index < -0.39 is 16.1 Å². The standard InChI is InChI=1S/C19H21N5O3S/c1-12-14(13-8-9-15-17(11-13)22-24-21-15)5-4-7-18(12)28(26,27)23-16-6-2-3-10-20-19(16)25/h4-5,7-9,11,16,23H,2-3,6,10H2,1H3,(H,20,25)(H,21,22,24)/t16-/m1/s1. The van der Waals surface area contributed by atoms with Crippen LogP contribution >= 0.6 is 0 Å². The fraction of sp³-hybridized carbons (Fsp3) is 0.316. The predicted octanol–water partition coefficient (Wildman–Crippen LogP) is 1.88. The molecule has 0 unspecified atom stereocenters. The number of benzene rings is 2. The third kappa shape index (κ3) is 3.50. The van der Waals surface area contributed by atoms with Crippen LogP contribution in [0, 0.1) is 6.92 Å². The number of carbonyl (C=O) groups excluding carboxylic acids is 1. The number of nitrogens with zero attached hydrogens (tertiary/aromatic N) is 2. The number of aromatic nitrogens is 3. The van der Waals surface area contributed by atoms with Crippen LogP contribution in [0.5, 0.6) is 0 Å². The van der Waals surface area contributed by atoms with Gasteiger partial charge in [-0.3, -0.25) is 4.79 Å². The van der Waals surface area contributed by atoms with Crippen LogP contribution in [-0.4, -0.2) is 42.3 Å². The lowest BCUT2D eigenvalue weighted by Crippen LogP contribution is -2.45. The summed E-state index contributed by atoms with van der Waals surface area (Å²) in [4.78, 5) is 12.3. The summed E-state index contributed by atoms with van der Waals surface area (Å²) in [6.07, 6.45) is 2.14. The Hall–Kier alpha value is -2.78. The van der Waals surface area contributed by atoms with E-state index in [-0.39, 0.29) is 10.8 Å². The lowest BCUT2D eigenvalue weighted by atomic mass is 10.0. The molecule has 0 saturated carbocycles. The number of amides is 1. The van der Waals surface area contributed by atoms with Gasteiger partial charge in [-0.05, 0) is 61.1 Å². The molecule has 1 atom stereocenters. The second kappa shape index (κ2) is 7.33. The Morgan fingerprint density at radius 1 is 1.11 bits per heavy atom. The molecule has 1 aliphatic rings. The van der Waals surface area contributed by atoms with Gasteiger partial charge in [-0.1, -0.05) is 18.2 Å². The maximum atomic E-state index is 13.0. The molecule has 1 aliphatic heterocycles. The van der Waals surface area contributed by atoms with Gasteiger partial charge in [-0.2, -0.15) is 20.1 Å². The van der Waals surface area contributed by atoms with Gasteiger partial charge in [0.05, 0.1) is 4.90 Å². The summed E-state index contributed by atoms with van der Waals surface area (Å²) in [7, 11) is -3.85. The second-order valence-corrected chi connectivity index (χ2v) is 8.60. The second-order valence-electron chi connectivity index (χ2n) is 6.92. The molecule has 2 heterocycles. The molecule has 0 radical (unpaired) electrons. The van der Waals surface area contributed by atoms with E-state index >= 15 is 0 Å². The number of aromatic amines is 1. The zero-order valence-corrected chi connectivity index (χ0v) is 16.2. The van der Waals surface area contributed by atoms with Crippen molar-refractivity contribution in [2.24, 2.45) is 0 Å². The fourth-order valence-electron chi connectivity index (χ4n) is 3.53. The normalized spacial score (nSPS) is 18.0. The van der Waals surface area contributed by atoms with E-state index in [9.17, 15) is 13.2 Å². The molecule has 1 saturated heterocycles. The van der Waals surface area contributed by atoms with Crippen molar-refractivity contribution in [3.63, 3.8) is 0 Å². The highest BCUT2D eigenvalue weighted by Gasteiger charge is 2.28. The van der Waals surface area contributed by atoms with E-state index in [1.165, 1.54) is 0 Å². The number of nitrogens with one attached hydrogen (secondary N) is 3. The number of hydrogen-bond acceptors (Lipinski definition) is 5. The molecule has 146 valence electrons. The molecule has 0 bridgehead atoms. The molecule has 8 nitrogen and oxygen atoms in total. The quantitative estimate of drug-likeness (QED) is 0.619. The van der Waals surface area contributed by atoms with Gasteiger partial charge in [-0.25, -0.2) is 8.42 Å². The van der Waals surface area contributed by atoms with E-state index in [1.807, 2.05) is 24.3 Å². The Bertz CT molecular complexity index is 1140. The van der Waals surface area contributed by atoms with E-state index in [0.29, 0.717) is 24.0 Å². The Kier molecular flexibility index (Phi) is 4.86. The van der Waals surface area contributed by atoms with Crippen molar-refractivity contribution in [2.45, 2.75) is 37.1 Å². The molecule has 3 N–H and O–H groups in total. The number of sulfonamides is 1. The van der Waals surface area contributed by atoms with Gasteiger partial charge >= 0.3 is 0 Å². The first-order valence-electron chi connectivity index (χ1n) is 9.16. The molecule has 1 fully saturated rings. The van der Waals surface area contributed by atoms with E-state index in [2.05, 4.69) is 25.4 Å². The monoisotopic (exact) mass is 399 g/mol. The number of fused-ring (bicyclic) bond motifs is 1. The summed E-state index contributed by atoms with van der Waals surface area (Å²) in [5.74, 6) is -0.272. The average Bonchev–Trinajstić information content (AvgIpc) is 3.05. The van der Waals surface area contributed by atoms with Gasteiger partial charge in [-0.15, -0.1) is 0 Å². The minimum Gasteiger partial charge on any atom is -0.355 e. The van der Waals surface area contributed by atoms with E-state index in [4.69, 9.17) is 0 Å². The Morgan fingerprint density at radius 2 is 1.93 bits per heavy atom. The van der Waals surface area contributed by atoms with Crippen LogP contribution in [0.4, 0.5) is 0 Å². The molecular weight excluding hydrogens is 378 g/mol. The molecule has 1 amide bonds. The van der Waals surface area contributed by atoms with Crippen LogP contribution < -0.4 is 10.0 Å². The van der Waals surface area contributed by atoms with Crippen LogP contribution in [-0.2, 0) is 14.8 Å². The first-order chi connectivity index (χ1) is 13.5. The number of hydrogen-bond donors (Lipinski definition) is 3. The van der Waals surface area contributed by atoms with Crippen molar-refractivity contribution in [1.82, 2.24) is 25.4 Å². The summed E-state index contributed by atoms with van der Waals surface area (Å²) in [6.45, 7) is 2.35. The van der Waals surface area contributed by atoms with Crippen LogP contribution in [0.2, 0.25) is 0 Å². The van der Waals surface area contributed by atoms with Gasteiger partial charge in [0.25, 0.3) is 0 Å². The number of H-pyrrole nitrogens is 1. The topological polar surface area (TPSA) is 117 Å². The van der Waals surface area contributed by atoms with Gasteiger partial charge in [0.2, 0.25) is 15.9 Å². The van der Waals surface area contributed by atoms with Crippen molar-refractivity contribution in [3.8, 4) is 11.1 Å². The Labute approximate surface area is 162 Å². The van der Waals surface area contributed by atoms with Crippen molar-refractivity contribution in [2.75, 3.05) is 6.54 Å². The molecule has 0 aliphatic carbocycles. The molecule has 2 aromatic carbocycles. The number of rotatable bonds is 4. The molecule has 9 heteroatoms. The van der Waals surface area contributed by atoms with Crippen LogP contribution in [0.25, 0.3) is 22.2 Å². The maximum Gasteiger partial charge on any atom is 0.241 e. The summed E-state index contributed by atoms with van der Waals surface area (Å²) in [5, 5.41) is 13.5. The molecule has 28 heavy (non-hydrogen) atoms. The van der Waals surface area contributed by atoms with Crippen molar-refractivity contribution in [1.29, 1.82) is 0 Å². The first kappa shape index (κ1) is 18.6. The van der Waals surface area contributed by atoms with E-state index in [0.717, 1.165) is 29.5 Å². The summed E-state index contributed by atoms with van der Waals surface area (Å²) in [5.41, 5.74) is 3.71. The smallest absolute Gasteiger partial charge is 0.241 e. The van der Waals surface area contributed by atoms with Gasteiger partial charge < -0.3 is 5.32 Å². The van der Waals surface area contributed by atoms with Crippen molar-refractivity contribution < 1.29 is 13.2 Å². The fourth-order valence-corrected chi connectivity index (χ4v) is 5.03. The van der Waals surface area contributed by atoms with Gasteiger partial charge in [0.1, 0.15) is 17.1 Å². The first-order valence-corrected chi connectivity index (χ1v) is 10.6. The van der Waals surface area contributed by atoms with Gasteiger partial charge in [0.15, 0.2) is 0 Å². The Balaban J connectivity index is 1.69. The summed E-state index contributed by atoms with van der Waals surface area (Å²) < 4.78 is 28.6. The highest BCUT2D eigenvalue weighted by Crippen LogP contribution is 2.29. The molecule has 1 aromatic heterocycles. The van der Waals surface area contributed by atoms with Crippen LogP contribution in [0.15, 0.2) is 41.3 Å². The van der Waals surface area contributed by atoms with Gasteiger partial charge in [0, 0.05) is 6.54 Å². The maximum absolute atomic E-state index is 13.0. The largest absolute Gasteiger partial charge is 0.355 e. The zero-order chi connectivity index (χ0) is 19.7. The van der Waals surface area contributed by atoms with Crippen LogP contribution in [0.1, 0.15) is 24.8 Å². The van der Waals surface area contributed by atoms with Crippen molar-refractivity contribution >= 4 is 27.0 Å². The zero-order valence-electron chi connectivity index (χ0n) is 15.4. The number of carbonyl (C=O) groups is 1. The average molecular weight is 399 g/mol. The molecule has 4 rings (SSSR count). The third-order valence-corrected chi connectivity index (χ3v) is 6.65. The molecule has 0 spiro atoms. The predicted molar refractivity (Wildman–Crippen MR) is 105 cm³/mol. The van der Waals surface area contributed by atoms with Crippen LogP contribution in [0.3, 0.4) is 0 Å². The minimum atomic E-state index is -3.85. The molecular formula is C19H21N5O3S. The van der Waals surface area contributed by atoms with Crippen molar-refractivity contribution in [3.05, 3.63) is 42.0 Å². The minimum absolute atomic E-state index is 0.169. The highest BCUT2D eigenvalue weighted by molar-refractivity contribution is 7.89. The Morgan fingerprint density at radius 3 is 2.79 bits per heavy atom. The lowest BCUT2D eigenvalue weighted by molar-refractivity contribution is -0.122. The highest BCUT2D eigenvalue weighted by atomic mass is 32.2. The lowest BCUT2D eigenvalue weighted by Gasteiger charge is -2.18. The molecule has 3 aromatic rings. The third-order valence-electron chi connectivity index (χ3n) is 5.03. The summed E-state index contributed by atoms with van der Waals surface area (Å²) >= 11 is 0. The van der Waals surface area contributed by atoms with E-state index in [1.54, 1.807) is 19.1 Å². The SMILES string of the molecule is Cc1c(-c2ccc3n[nH]nc3c2)cccc1S(=O)(=O)N[C@@H]1CCCCNC1=O. The summed E-state index contributed by atoms with van der Waals surface area (Å²) in [6, 6.07) is 9.97.